The van der Waals surface area contributed by atoms with Crippen molar-refractivity contribution in [2.75, 3.05) is 9.80 Å². The lowest BCUT2D eigenvalue weighted by atomic mass is 9.72. The molecule has 0 spiro atoms. The summed E-state index contributed by atoms with van der Waals surface area (Å²) in [5, 5.41) is 0. The van der Waals surface area contributed by atoms with Crippen LogP contribution in [-0.4, -0.2) is 0 Å². The van der Waals surface area contributed by atoms with Crippen LogP contribution in [0.2, 0.25) is 0 Å². The molecule has 0 unspecified atom stereocenters. The number of rotatable bonds is 5. The molecule has 0 amide bonds. The van der Waals surface area contributed by atoms with Gasteiger partial charge in [-0.1, -0.05) is 155 Å². The molecule has 0 aromatic heterocycles. The van der Waals surface area contributed by atoms with E-state index in [0.29, 0.717) is 0 Å². The first-order chi connectivity index (χ1) is 27.8. The van der Waals surface area contributed by atoms with Crippen molar-refractivity contribution in [1.82, 2.24) is 0 Å². The van der Waals surface area contributed by atoms with E-state index in [1.165, 1.54) is 55.8 Å². The van der Waals surface area contributed by atoms with E-state index in [1.54, 1.807) is 0 Å². The van der Waals surface area contributed by atoms with E-state index in [0.717, 1.165) is 45.5 Å². The number of benzene rings is 8. The zero-order valence-corrected chi connectivity index (χ0v) is 32.6. The third-order valence-corrected chi connectivity index (χ3v) is 12.6. The van der Waals surface area contributed by atoms with Crippen LogP contribution in [0.4, 0.5) is 34.1 Å². The number of para-hydroxylation sites is 2. The molecule has 11 rings (SSSR count). The Morgan fingerprint density at radius 1 is 0.404 bits per heavy atom. The van der Waals surface area contributed by atoms with Crippen molar-refractivity contribution in [2.24, 2.45) is 0 Å². The van der Waals surface area contributed by atoms with Crippen molar-refractivity contribution in [2.45, 2.75) is 38.5 Å². The Balaban J connectivity index is 1.14. The van der Waals surface area contributed by atoms with Gasteiger partial charge in [0.15, 0.2) is 11.5 Å². The van der Waals surface area contributed by atoms with Gasteiger partial charge in [0.25, 0.3) is 0 Å². The Bertz CT molecular complexity index is 2890. The van der Waals surface area contributed by atoms with Gasteiger partial charge < -0.3 is 14.5 Å². The van der Waals surface area contributed by atoms with Crippen LogP contribution in [0.5, 0.6) is 11.5 Å². The fourth-order valence-electron chi connectivity index (χ4n) is 9.72. The zero-order chi connectivity index (χ0) is 38.5. The van der Waals surface area contributed by atoms with Crippen LogP contribution >= 0.6 is 0 Å². The van der Waals surface area contributed by atoms with Crippen molar-refractivity contribution in [3.05, 3.63) is 204 Å². The molecule has 8 aromatic carbocycles. The second-order valence-corrected chi connectivity index (χ2v) is 16.6. The quantitative estimate of drug-likeness (QED) is 0.175. The lowest BCUT2D eigenvalue weighted by molar-refractivity contribution is 0.471. The second-order valence-electron chi connectivity index (χ2n) is 16.6. The summed E-state index contributed by atoms with van der Waals surface area (Å²) in [4.78, 5) is 4.89. The van der Waals surface area contributed by atoms with Crippen LogP contribution < -0.4 is 14.5 Å². The van der Waals surface area contributed by atoms with E-state index in [9.17, 15) is 0 Å². The number of anilines is 6. The Morgan fingerprint density at radius 3 is 1.79 bits per heavy atom. The minimum absolute atomic E-state index is 0.140. The SMILES string of the molecule is CC1(C)c2ccccc2-c2ccc(N(c3ccc4c(c3)N3c5ccccc5C(C)(C)c5cc(-c6ccccc6)cc(c53)O4)c3ccccc3-c3ccccc3)cc21. The molecule has 0 saturated carbocycles. The molecule has 8 aromatic rings. The summed E-state index contributed by atoms with van der Waals surface area (Å²) >= 11 is 0. The lowest BCUT2D eigenvalue weighted by Crippen LogP contribution is -2.32. The second kappa shape index (κ2) is 12.3. The highest BCUT2D eigenvalue weighted by atomic mass is 16.5. The molecule has 2 heterocycles. The van der Waals surface area contributed by atoms with Crippen molar-refractivity contribution in [3.63, 3.8) is 0 Å². The summed E-state index contributed by atoms with van der Waals surface area (Å²) < 4.78 is 7.00. The normalized spacial score (nSPS) is 14.7. The van der Waals surface area contributed by atoms with Crippen LogP contribution in [-0.2, 0) is 10.8 Å². The van der Waals surface area contributed by atoms with Gasteiger partial charge in [-0.2, -0.15) is 0 Å². The molecule has 0 fully saturated rings. The van der Waals surface area contributed by atoms with Gasteiger partial charge in [-0.05, 0) is 105 Å². The molecule has 3 aliphatic rings. The molecule has 57 heavy (non-hydrogen) atoms. The van der Waals surface area contributed by atoms with E-state index in [1.807, 2.05) is 0 Å². The minimum atomic E-state index is -0.254. The van der Waals surface area contributed by atoms with E-state index >= 15 is 0 Å². The van der Waals surface area contributed by atoms with E-state index < -0.39 is 0 Å². The highest BCUT2D eigenvalue weighted by molar-refractivity contribution is 5.97. The molecule has 0 N–H and O–H groups in total. The van der Waals surface area contributed by atoms with Gasteiger partial charge in [0.1, 0.15) is 0 Å². The Hall–Kier alpha value is -6.84. The molecule has 3 heteroatoms. The summed E-state index contributed by atoms with van der Waals surface area (Å²) in [6.45, 7) is 9.39. The molecule has 0 saturated heterocycles. The van der Waals surface area contributed by atoms with Crippen molar-refractivity contribution >= 4 is 34.1 Å². The topological polar surface area (TPSA) is 15.7 Å². The average molecular weight is 735 g/mol. The predicted octanol–water partition coefficient (Wildman–Crippen LogP) is 15.0. The first-order valence-electron chi connectivity index (χ1n) is 19.9. The van der Waals surface area contributed by atoms with Gasteiger partial charge >= 0.3 is 0 Å². The fraction of sp³-hybridized carbons (Fsp3) is 0.111. The third-order valence-electron chi connectivity index (χ3n) is 12.6. The molecule has 2 aliphatic heterocycles. The summed E-state index contributed by atoms with van der Waals surface area (Å²) in [7, 11) is 0. The largest absolute Gasteiger partial charge is 0.453 e. The molecule has 274 valence electrons. The van der Waals surface area contributed by atoms with Gasteiger partial charge in [0.2, 0.25) is 0 Å². The monoisotopic (exact) mass is 734 g/mol. The van der Waals surface area contributed by atoms with Crippen LogP contribution in [0.25, 0.3) is 33.4 Å². The highest BCUT2D eigenvalue weighted by Crippen LogP contribution is 2.61. The van der Waals surface area contributed by atoms with Crippen LogP contribution in [0, 0.1) is 0 Å². The standard InChI is InChI=1S/C54H42N2O/c1-53(2)43-23-13-11-22-41(43)42-29-27-38(33-45(42)53)55(47-25-15-12-21-40(47)36-19-9-6-10-20-36)39-28-30-50-49(34-39)56-48-26-16-14-24-44(48)54(3,4)46-31-37(32-51(57-50)52(46)56)35-17-7-5-8-18-35/h5-34H,1-4H3. The van der Waals surface area contributed by atoms with Gasteiger partial charge in [-0.3, -0.25) is 0 Å². The highest BCUT2D eigenvalue weighted by Gasteiger charge is 2.42. The number of nitrogens with zero attached hydrogens (tertiary/aromatic N) is 2. The van der Waals surface area contributed by atoms with E-state index in [-0.39, 0.29) is 10.8 Å². The van der Waals surface area contributed by atoms with E-state index in [4.69, 9.17) is 4.74 Å². The van der Waals surface area contributed by atoms with Crippen LogP contribution in [0.15, 0.2) is 182 Å². The molecule has 3 nitrogen and oxygen atoms in total. The fourth-order valence-corrected chi connectivity index (χ4v) is 9.72. The number of ether oxygens (including phenoxy) is 1. The maximum Gasteiger partial charge on any atom is 0.152 e. The van der Waals surface area contributed by atoms with Gasteiger partial charge in [0.05, 0.1) is 22.7 Å². The molecular weight excluding hydrogens is 693 g/mol. The van der Waals surface area contributed by atoms with Gasteiger partial charge in [-0.15, -0.1) is 0 Å². The number of hydrogen-bond acceptors (Lipinski definition) is 3. The van der Waals surface area contributed by atoms with Crippen molar-refractivity contribution < 1.29 is 4.74 Å². The maximum absolute atomic E-state index is 7.00. The van der Waals surface area contributed by atoms with Crippen molar-refractivity contribution in [3.8, 4) is 44.9 Å². The van der Waals surface area contributed by atoms with Crippen LogP contribution in [0.3, 0.4) is 0 Å². The summed E-state index contributed by atoms with van der Waals surface area (Å²) in [6.07, 6.45) is 0. The minimum Gasteiger partial charge on any atom is -0.453 e. The maximum atomic E-state index is 7.00. The summed E-state index contributed by atoms with van der Waals surface area (Å²) in [6, 6.07) is 66.3. The predicted molar refractivity (Wildman–Crippen MR) is 236 cm³/mol. The Morgan fingerprint density at radius 2 is 1.00 bits per heavy atom. The Labute approximate surface area is 335 Å². The number of hydrogen-bond donors (Lipinski definition) is 0. The van der Waals surface area contributed by atoms with E-state index in [2.05, 4.69) is 219 Å². The van der Waals surface area contributed by atoms with Crippen molar-refractivity contribution in [1.29, 1.82) is 0 Å². The molecule has 1 aliphatic carbocycles. The molecule has 0 atom stereocenters. The lowest BCUT2D eigenvalue weighted by Gasteiger charge is -2.45. The first-order valence-corrected chi connectivity index (χ1v) is 19.9. The Kier molecular flexibility index (Phi) is 7.25. The van der Waals surface area contributed by atoms with Crippen LogP contribution in [0.1, 0.15) is 49.9 Å². The third kappa shape index (κ3) is 4.98. The van der Waals surface area contributed by atoms with Gasteiger partial charge in [0, 0.05) is 27.8 Å². The molecule has 0 bridgehead atoms. The average Bonchev–Trinajstić information content (AvgIpc) is 3.48. The number of fused-ring (bicyclic) bond motifs is 7. The molecule has 0 radical (unpaired) electrons. The molecular formula is C54H42N2O. The zero-order valence-electron chi connectivity index (χ0n) is 32.6. The smallest absolute Gasteiger partial charge is 0.152 e. The summed E-state index contributed by atoms with van der Waals surface area (Å²) in [5.74, 6) is 1.71. The van der Waals surface area contributed by atoms with Gasteiger partial charge in [-0.25, -0.2) is 0 Å². The summed E-state index contributed by atoms with van der Waals surface area (Å²) in [5.41, 5.74) is 18.8. The first kappa shape index (κ1) is 33.5.